The first-order valence-corrected chi connectivity index (χ1v) is 9.09. The first-order valence-electron chi connectivity index (χ1n) is 8.27. The smallest absolute Gasteiger partial charge is 0.269 e. The van der Waals surface area contributed by atoms with Crippen LogP contribution in [0.4, 0.5) is 15.2 Å². The lowest BCUT2D eigenvalue weighted by Crippen LogP contribution is -3.06. The highest BCUT2D eigenvalue weighted by molar-refractivity contribution is 7.22. The average molecular weight is 389 g/mol. The number of anilines is 1. The van der Waals surface area contributed by atoms with Gasteiger partial charge in [0.2, 0.25) is 0 Å². The molecule has 1 amide bonds. The molecule has 27 heavy (non-hydrogen) atoms. The van der Waals surface area contributed by atoms with Gasteiger partial charge >= 0.3 is 0 Å². The Labute approximate surface area is 158 Å². The number of fused-ring (bicyclic) bond motifs is 1. The van der Waals surface area contributed by atoms with E-state index in [9.17, 15) is 19.3 Å². The monoisotopic (exact) mass is 389 g/mol. The van der Waals surface area contributed by atoms with Crippen molar-refractivity contribution in [2.24, 2.45) is 0 Å². The van der Waals surface area contributed by atoms with Crippen molar-refractivity contribution in [2.45, 2.75) is 0 Å². The summed E-state index contributed by atoms with van der Waals surface area (Å²) in [6.07, 6.45) is 0. The topological polar surface area (TPSA) is 80.8 Å². The fraction of sp³-hybridized carbons (Fsp3) is 0.222. The van der Waals surface area contributed by atoms with Crippen LogP contribution in [0.5, 0.6) is 0 Å². The number of benzene rings is 2. The van der Waals surface area contributed by atoms with E-state index in [1.54, 1.807) is 12.1 Å². The third-order valence-electron chi connectivity index (χ3n) is 3.99. The van der Waals surface area contributed by atoms with E-state index in [1.165, 1.54) is 46.6 Å². The van der Waals surface area contributed by atoms with Crippen LogP contribution in [0.15, 0.2) is 42.5 Å². The van der Waals surface area contributed by atoms with Gasteiger partial charge in [-0.25, -0.2) is 9.37 Å². The molecule has 1 N–H and O–H groups in total. The number of nitro groups is 1. The molecule has 0 aliphatic rings. The van der Waals surface area contributed by atoms with Crippen molar-refractivity contribution in [2.75, 3.05) is 32.1 Å². The quantitative estimate of drug-likeness (QED) is 0.517. The van der Waals surface area contributed by atoms with Crippen molar-refractivity contribution in [1.29, 1.82) is 0 Å². The fourth-order valence-electron chi connectivity index (χ4n) is 2.52. The molecule has 0 spiro atoms. The van der Waals surface area contributed by atoms with Gasteiger partial charge in [0, 0.05) is 17.7 Å². The third-order valence-corrected chi connectivity index (χ3v) is 5.04. The number of para-hydroxylation sites is 1. The van der Waals surface area contributed by atoms with Crippen molar-refractivity contribution in [1.82, 2.24) is 4.98 Å². The van der Waals surface area contributed by atoms with Crippen LogP contribution in [0, 0.1) is 15.9 Å². The van der Waals surface area contributed by atoms with Gasteiger partial charge in [-0.3, -0.25) is 19.8 Å². The van der Waals surface area contributed by atoms with E-state index < -0.39 is 10.7 Å². The van der Waals surface area contributed by atoms with Crippen LogP contribution in [-0.2, 0) is 0 Å². The molecule has 0 unspecified atom stereocenters. The van der Waals surface area contributed by atoms with Crippen molar-refractivity contribution in [3.05, 3.63) is 64.0 Å². The minimum atomic E-state index is -0.516. The van der Waals surface area contributed by atoms with Crippen LogP contribution in [0.1, 0.15) is 10.4 Å². The zero-order chi connectivity index (χ0) is 19.6. The number of rotatable bonds is 6. The fourth-order valence-corrected chi connectivity index (χ4v) is 3.52. The van der Waals surface area contributed by atoms with E-state index in [-0.39, 0.29) is 17.1 Å². The zero-order valence-electron chi connectivity index (χ0n) is 14.8. The number of nitrogens with one attached hydrogen (secondary N) is 1. The molecule has 3 aromatic rings. The lowest BCUT2D eigenvalue weighted by molar-refractivity contribution is -0.856. The third kappa shape index (κ3) is 4.09. The van der Waals surface area contributed by atoms with Gasteiger partial charge in [-0.05, 0) is 24.3 Å². The predicted molar refractivity (Wildman–Crippen MR) is 102 cm³/mol. The second kappa shape index (κ2) is 7.77. The Balaban J connectivity index is 1.97. The summed E-state index contributed by atoms with van der Waals surface area (Å²) >= 11 is 1.24. The molecule has 0 saturated carbocycles. The van der Waals surface area contributed by atoms with Gasteiger partial charge < -0.3 is 4.90 Å². The molecule has 1 aromatic heterocycles. The molecule has 140 valence electrons. The molecule has 1 heterocycles. The molecule has 0 atom stereocenters. The summed E-state index contributed by atoms with van der Waals surface area (Å²) in [6, 6.07) is 10.1. The standard InChI is InChI=1S/C18H17FN4O3S/c1-21(2)10-11-22(17(24)12-6-8-13(9-7-12)23(25)26)18-20-16-14(19)4-3-5-15(16)27-18/h3-9H,10-11H2,1-2H3/p+1. The van der Waals surface area contributed by atoms with Gasteiger partial charge in [-0.1, -0.05) is 17.4 Å². The minimum Gasteiger partial charge on any atom is -0.338 e. The number of hydrogen-bond acceptors (Lipinski definition) is 5. The van der Waals surface area contributed by atoms with E-state index in [0.717, 1.165) is 4.90 Å². The molecule has 0 aliphatic heterocycles. The molecule has 0 fully saturated rings. The lowest BCUT2D eigenvalue weighted by atomic mass is 10.2. The Bertz CT molecular complexity index is 988. The molecule has 9 heteroatoms. The Kier molecular flexibility index (Phi) is 5.43. The maximum absolute atomic E-state index is 14.0. The second-order valence-corrected chi connectivity index (χ2v) is 7.31. The molecule has 3 rings (SSSR count). The van der Waals surface area contributed by atoms with Gasteiger partial charge in [0.05, 0.1) is 36.8 Å². The lowest BCUT2D eigenvalue weighted by Gasteiger charge is -2.20. The van der Waals surface area contributed by atoms with Crippen molar-refractivity contribution >= 4 is 38.3 Å². The van der Waals surface area contributed by atoms with Crippen LogP contribution >= 0.6 is 11.3 Å². The van der Waals surface area contributed by atoms with Crippen molar-refractivity contribution < 1.29 is 19.0 Å². The van der Waals surface area contributed by atoms with Crippen molar-refractivity contribution in [3.63, 3.8) is 0 Å². The molecule has 0 bridgehead atoms. The molecule has 7 nitrogen and oxygen atoms in total. The van der Waals surface area contributed by atoms with Gasteiger partial charge in [-0.15, -0.1) is 0 Å². The number of non-ortho nitro benzene ring substituents is 1. The number of likely N-dealkylation sites (N-methyl/N-ethyl adjacent to an activating group) is 1. The predicted octanol–water partition coefficient (Wildman–Crippen LogP) is 2.13. The number of quaternary nitrogens is 1. The SMILES string of the molecule is C[NH+](C)CCN(C(=O)c1ccc([N+](=O)[O-])cc1)c1nc2c(F)cccc2s1. The molecular weight excluding hydrogens is 371 g/mol. The first-order chi connectivity index (χ1) is 12.9. The van der Waals surface area contributed by atoms with Gasteiger partial charge in [0.25, 0.3) is 11.6 Å². The Morgan fingerprint density at radius 1 is 1.26 bits per heavy atom. The summed E-state index contributed by atoms with van der Waals surface area (Å²) in [5.74, 6) is -0.762. The van der Waals surface area contributed by atoms with Gasteiger partial charge in [0.1, 0.15) is 11.3 Å². The van der Waals surface area contributed by atoms with E-state index in [4.69, 9.17) is 0 Å². The maximum atomic E-state index is 14.0. The number of carbonyl (C=O) groups excluding carboxylic acids is 1. The number of nitro benzene ring substituents is 1. The van der Waals surface area contributed by atoms with E-state index in [0.29, 0.717) is 28.5 Å². The number of nitrogens with zero attached hydrogens (tertiary/aromatic N) is 3. The summed E-state index contributed by atoms with van der Waals surface area (Å²) in [5.41, 5.74) is 0.461. The number of thiazole rings is 1. The Morgan fingerprint density at radius 2 is 1.96 bits per heavy atom. The van der Waals surface area contributed by atoms with E-state index in [1.807, 2.05) is 14.1 Å². The highest BCUT2D eigenvalue weighted by Crippen LogP contribution is 2.31. The summed E-state index contributed by atoms with van der Waals surface area (Å²) in [5, 5.41) is 11.2. The summed E-state index contributed by atoms with van der Waals surface area (Å²) < 4.78 is 14.7. The number of aromatic nitrogens is 1. The molecular formula is C18H18FN4O3S+. The summed E-state index contributed by atoms with van der Waals surface area (Å²) in [7, 11) is 3.93. The summed E-state index contributed by atoms with van der Waals surface area (Å²) in [4.78, 5) is 30.3. The zero-order valence-corrected chi connectivity index (χ0v) is 15.6. The van der Waals surface area contributed by atoms with Crippen molar-refractivity contribution in [3.8, 4) is 0 Å². The van der Waals surface area contributed by atoms with E-state index >= 15 is 0 Å². The van der Waals surface area contributed by atoms with E-state index in [2.05, 4.69) is 4.98 Å². The highest BCUT2D eigenvalue weighted by atomic mass is 32.1. The first kappa shape index (κ1) is 18.9. The summed E-state index contributed by atoms with van der Waals surface area (Å²) in [6.45, 7) is 1.05. The number of halogens is 1. The number of carbonyl (C=O) groups is 1. The van der Waals surface area contributed by atoms with Crippen LogP contribution < -0.4 is 9.80 Å². The van der Waals surface area contributed by atoms with Gasteiger partial charge in [0.15, 0.2) is 5.13 Å². The largest absolute Gasteiger partial charge is 0.338 e. The average Bonchev–Trinajstić information content (AvgIpc) is 3.07. The Morgan fingerprint density at radius 3 is 2.56 bits per heavy atom. The highest BCUT2D eigenvalue weighted by Gasteiger charge is 2.23. The normalized spacial score (nSPS) is 11.1. The van der Waals surface area contributed by atoms with Gasteiger partial charge in [-0.2, -0.15) is 0 Å². The van der Waals surface area contributed by atoms with Crippen LogP contribution in [0.3, 0.4) is 0 Å². The van der Waals surface area contributed by atoms with Crippen LogP contribution in [0.25, 0.3) is 10.2 Å². The second-order valence-electron chi connectivity index (χ2n) is 6.30. The molecule has 0 radical (unpaired) electrons. The number of amides is 1. The van der Waals surface area contributed by atoms with Crippen LogP contribution in [0.2, 0.25) is 0 Å². The maximum Gasteiger partial charge on any atom is 0.269 e. The molecule has 2 aromatic carbocycles. The Hall–Kier alpha value is -2.91. The van der Waals surface area contributed by atoms with Crippen LogP contribution in [-0.4, -0.2) is 43.0 Å². The minimum absolute atomic E-state index is 0.0853. The number of hydrogen-bond donors (Lipinski definition) is 1. The molecule has 0 aliphatic carbocycles. The molecule has 0 saturated heterocycles.